The summed E-state index contributed by atoms with van der Waals surface area (Å²) in [6.07, 6.45) is 0.397. The summed E-state index contributed by atoms with van der Waals surface area (Å²) >= 11 is 1.33. The van der Waals surface area contributed by atoms with Crippen molar-refractivity contribution >= 4 is 38.1 Å². The molecule has 2 heterocycles. The monoisotopic (exact) mass is 468 g/mol. The van der Waals surface area contributed by atoms with Crippen LogP contribution in [-0.4, -0.2) is 50.6 Å². The van der Waals surface area contributed by atoms with Crippen molar-refractivity contribution in [1.82, 2.24) is 4.90 Å². The van der Waals surface area contributed by atoms with Crippen LogP contribution in [0, 0.1) is 5.82 Å². The van der Waals surface area contributed by atoms with Crippen molar-refractivity contribution in [3.63, 3.8) is 0 Å². The highest BCUT2D eigenvalue weighted by Crippen LogP contribution is 2.37. The van der Waals surface area contributed by atoms with Crippen LogP contribution < -0.4 is 5.32 Å². The first-order chi connectivity index (χ1) is 14.7. The van der Waals surface area contributed by atoms with Crippen molar-refractivity contribution in [1.29, 1.82) is 0 Å². The summed E-state index contributed by atoms with van der Waals surface area (Å²) < 4.78 is 43.0. The van der Waals surface area contributed by atoms with Gasteiger partial charge >= 0.3 is 5.97 Å². The number of carbonyl (C=O) groups is 2. The largest absolute Gasteiger partial charge is 0.462 e. The SMILES string of the molecule is CCOC(=O)c1c(NC(=O)CCS(=O)(=O)c2ccc(F)cc2)sc2c1CCN(CC)C2. The number of carbonyl (C=O) groups excluding carboxylic acids is 2. The van der Waals surface area contributed by atoms with Crippen LogP contribution in [0.1, 0.15) is 41.1 Å². The lowest BCUT2D eigenvalue weighted by atomic mass is 10.0. The second-order valence-electron chi connectivity index (χ2n) is 7.12. The van der Waals surface area contributed by atoms with Crippen LogP contribution in [0.15, 0.2) is 29.2 Å². The van der Waals surface area contributed by atoms with Crippen molar-refractivity contribution in [2.24, 2.45) is 0 Å². The maximum Gasteiger partial charge on any atom is 0.341 e. The van der Waals surface area contributed by atoms with Gasteiger partial charge < -0.3 is 10.1 Å². The molecular weight excluding hydrogens is 443 g/mol. The Labute approximate surface area is 185 Å². The van der Waals surface area contributed by atoms with E-state index in [1.54, 1.807) is 6.92 Å². The Morgan fingerprint density at radius 3 is 2.58 bits per heavy atom. The molecule has 0 bridgehead atoms. The van der Waals surface area contributed by atoms with E-state index in [0.29, 0.717) is 23.5 Å². The summed E-state index contributed by atoms with van der Waals surface area (Å²) in [6, 6.07) is 4.48. The molecule has 1 aromatic heterocycles. The molecule has 0 fully saturated rings. The van der Waals surface area contributed by atoms with Gasteiger partial charge in [-0.1, -0.05) is 6.92 Å². The molecule has 0 spiro atoms. The van der Waals surface area contributed by atoms with Gasteiger partial charge in [0.05, 0.1) is 22.8 Å². The Hall–Kier alpha value is -2.30. The van der Waals surface area contributed by atoms with E-state index in [-0.39, 0.29) is 17.9 Å². The summed E-state index contributed by atoms with van der Waals surface area (Å²) in [7, 11) is -3.73. The van der Waals surface area contributed by atoms with E-state index in [1.165, 1.54) is 23.5 Å². The molecule has 0 unspecified atom stereocenters. The Morgan fingerprint density at radius 1 is 1.23 bits per heavy atom. The molecule has 0 radical (unpaired) electrons. The molecule has 10 heteroatoms. The van der Waals surface area contributed by atoms with E-state index in [0.717, 1.165) is 35.7 Å². The number of halogens is 1. The Bertz CT molecular complexity index is 1060. The quantitative estimate of drug-likeness (QED) is 0.472. The maximum atomic E-state index is 13.0. The average Bonchev–Trinajstić information content (AvgIpc) is 3.09. The Balaban J connectivity index is 1.75. The Morgan fingerprint density at radius 2 is 1.94 bits per heavy atom. The van der Waals surface area contributed by atoms with E-state index in [2.05, 4.69) is 17.1 Å². The molecule has 7 nitrogen and oxygen atoms in total. The molecule has 1 N–H and O–H groups in total. The molecule has 0 atom stereocenters. The van der Waals surface area contributed by atoms with Gasteiger partial charge in [-0.2, -0.15) is 0 Å². The fraction of sp³-hybridized carbons (Fsp3) is 0.429. The summed E-state index contributed by atoms with van der Waals surface area (Å²) in [5.41, 5.74) is 1.26. The lowest BCUT2D eigenvalue weighted by molar-refractivity contribution is -0.115. The first-order valence-electron chi connectivity index (χ1n) is 10.1. The number of nitrogens with zero attached hydrogens (tertiary/aromatic N) is 1. The first kappa shape index (κ1) is 23.4. The van der Waals surface area contributed by atoms with E-state index in [1.807, 2.05) is 0 Å². The number of esters is 1. The van der Waals surface area contributed by atoms with Crippen LogP contribution in [-0.2, 0) is 32.3 Å². The van der Waals surface area contributed by atoms with Crippen molar-refractivity contribution in [2.45, 2.75) is 38.1 Å². The fourth-order valence-electron chi connectivity index (χ4n) is 3.41. The smallest absolute Gasteiger partial charge is 0.341 e. The number of thiophene rings is 1. The molecule has 2 aromatic rings. The molecule has 0 saturated heterocycles. The molecule has 1 aliphatic heterocycles. The number of sulfone groups is 1. The van der Waals surface area contributed by atoms with Crippen LogP contribution in [0.3, 0.4) is 0 Å². The van der Waals surface area contributed by atoms with Gasteiger partial charge in [-0.05, 0) is 49.7 Å². The number of rotatable bonds is 8. The third-order valence-corrected chi connectivity index (χ3v) is 7.95. The molecule has 0 aliphatic carbocycles. The number of anilines is 1. The second-order valence-corrected chi connectivity index (χ2v) is 10.3. The minimum absolute atomic E-state index is 0.0415. The standard InChI is InChI=1S/C21H25FN2O5S2/c1-3-24-11-9-16-17(13-24)30-20(19(16)21(26)29-4-2)23-18(25)10-12-31(27,28)15-7-5-14(22)6-8-15/h5-8H,3-4,9-13H2,1-2H3,(H,23,25). The highest BCUT2D eigenvalue weighted by Gasteiger charge is 2.29. The lowest BCUT2D eigenvalue weighted by Gasteiger charge is -2.25. The van der Waals surface area contributed by atoms with Crippen LogP contribution in [0.25, 0.3) is 0 Å². The highest BCUT2D eigenvalue weighted by atomic mass is 32.2. The molecule has 0 saturated carbocycles. The summed E-state index contributed by atoms with van der Waals surface area (Å²) in [5, 5.41) is 3.10. The number of benzene rings is 1. The number of ether oxygens (including phenoxy) is 1. The van der Waals surface area contributed by atoms with E-state index in [4.69, 9.17) is 4.74 Å². The molecule has 168 valence electrons. The number of fused-ring (bicyclic) bond motifs is 1. The van der Waals surface area contributed by atoms with Gasteiger partial charge in [-0.15, -0.1) is 11.3 Å². The topological polar surface area (TPSA) is 92.8 Å². The third kappa shape index (κ3) is 5.50. The van der Waals surface area contributed by atoms with Crippen molar-refractivity contribution in [2.75, 3.05) is 30.8 Å². The van der Waals surface area contributed by atoms with Crippen molar-refractivity contribution < 1.29 is 27.1 Å². The fourth-order valence-corrected chi connectivity index (χ4v) is 5.94. The number of nitrogens with one attached hydrogen (secondary N) is 1. The van der Waals surface area contributed by atoms with Gasteiger partial charge in [0.15, 0.2) is 9.84 Å². The van der Waals surface area contributed by atoms with Crippen LogP contribution in [0.4, 0.5) is 9.39 Å². The molecule has 3 rings (SSSR count). The molecule has 1 aliphatic rings. The number of hydrogen-bond donors (Lipinski definition) is 1. The number of likely N-dealkylation sites (N-methyl/N-ethyl adjacent to an activating group) is 1. The predicted molar refractivity (Wildman–Crippen MR) is 117 cm³/mol. The zero-order valence-electron chi connectivity index (χ0n) is 17.4. The highest BCUT2D eigenvalue weighted by molar-refractivity contribution is 7.91. The van der Waals surface area contributed by atoms with Gasteiger partial charge in [0.2, 0.25) is 5.91 Å². The average molecular weight is 469 g/mol. The molecule has 31 heavy (non-hydrogen) atoms. The summed E-state index contributed by atoms with van der Waals surface area (Å²) in [4.78, 5) is 28.3. The number of amides is 1. The van der Waals surface area contributed by atoms with Crippen molar-refractivity contribution in [3.05, 3.63) is 46.1 Å². The van der Waals surface area contributed by atoms with Crippen LogP contribution >= 0.6 is 11.3 Å². The van der Waals surface area contributed by atoms with E-state index < -0.39 is 33.3 Å². The van der Waals surface area contributed by atoms with Gasteiger partial charge in [0, 0.05) is 24.4 Å². The van der Waals surface area contributed by atoms with Crippen LogP contribution in [0.5, 0.6) is 0 Å². The minimum Gasteiger partial charge on any atom is -0.462 e. The Kier molecular flexibility index (Phi) is 7.45. The van der Waals surface area contributed by atoms with Crippen LogP contribution in [0.2, 0.25) is 0 Å². The minimum atomic E-state index is -3.73. The van der Waals surface area contributed by atoms with Gasteiger partial charge in [-0.25, -0.2) is 17.6 Å². The summed E-state index contributed by atoms with van der Waals surface area (Å²) in [6.45, 7) is 6.39. The first-order valence-corrected chi connectivity index (χ1v) is 12.5. The zero-order valence-corrected chi connectivity index (χ0v) is 19.1. The summed E-state index contributed by atoms with van der Waals surface area (Å²) in [5.74, 6) is -1.96. The van der Waals surface area contributed by atoms with E-state index >= 15 is 0 Å². The normalized spacial score (nSPS) is 14.2. The molecule has 1 aromatic carbocycles. The lowest BCUT2D eigenvalue weighted by Crippen LogP contribution is -2.30. The van der Waals surface area contributed by atoms with Gasteiger partial charge in [0.1, 0.15) is 10.8 Å². The second kappa shape index (κ2) is 9.88. The van der Waals surface area contributed by atoms with Gasteiger partial charge in [-0.3, -0.25) is 9.69 Å². The molecule has 1 amide bonds. The predicted octanol–water partition coefficient (Wildman–Crippen LogP) is 3.24. The molecular formula is C21H25FN2O5S2. The third-order valence-electron chi connectivity index (χ3n) is 5.09. The maximum absolute atomic E-state index is 13.0. The van der Waals surface area contributed by atoms with E-state index in [9.17, 15) is 22.4 Å². The van der Waals surface area contributed by atoms with Gasteiger partial charge in [0.25, 0.3) is 0 Å². The number of hydrogen-bond acceptors (Lipinski definition) is 7. The van der Waals surface area contributed by atoms with Crippen molar-refractivity contribution in [3.8, 4) is 0 Å². The zero-order chi connectivity index (χ0) is 22.6.